The Bertz CT molecular complexity index is 836. The lowest BCUT2D eigenvalue weighted by Gasteiger charge is -2.21. The molecule has 2 aromatic rings. The topological polar surface area (TPSA) is 92.8 Å². The third-order valence-corrected chi connectivity index (χ3v) is 5.57. The minimum absolute atomic E-state index is 0.149. The Hall–Kier alpha value is -2.53. The van der Waals surface area contributed by atoms with Gasteiger partial charge in [-0.3, -0.25) is 4.79 Å². The van der Waals surface area contributed by atoms with Crippen molar-refractivity contribution in [3.05, 3.63) is 24.3 Å². The summed E-state index contributed by atoms with van der Waals surface area (Å²) in [6, 6.07) is 9.86. The smallest absolute Gasteiger partial charge is 0.231 e. The van der Waals surface area contributed by atoms with Gasteiger partial charge < -0.3 is 14.6 Å². The van der Waals surface area contributed by atoms with Crippen LogP contribution < -0.4 is 10.1 Å². The zero-order chi connectivity index (χ0) is 18.6. The molecule has 26 heavy (non-hydrogen) atoms. The number of nitriles is 1. The van der Waals surface area contributed by atoms with E-state index in [9.17, 15) is 10.1 Å². The molecule has 1 heterocycles. The first-order chi connectivity index (χ1) is 12.6. The Labute approximate surface area is 156 Å². The van der Waals surface area contributed by atoms with Gasteiger partial charge in [0, 0.05) is 12.6 Å². The van der Waals surface area contributed by atoms with Crippen LogP contribution in [0, 0.1) is 11.3 Å². The number of nitrogens with one attached hydrogen (secondary N) is 1. The number of rotatable bonds is 6. The molecule has 1 fully saturated rings. The molecule has 0 atom stereocenters. The van der Waals surface area contributed by atoms with E-state index in [4.69, 9.17) is 4.74 Å². The normalized spacial score (nSPS) is 15.4. The maximum Gasteiger partial charge on any atom is 0.231 e. The molecule has 1 aliphatic rings. The van der Waals surface area contributed by atoms with Crippen LogP contribution in [0.5, 0.6) is 5.75 Å². The molecule has 7 nitrogen and oxygen atoms in total. The summed E-state index contributed by atoms with van der Waals surface area (Å²) >= 11 is 1.31. The molecule has 1 amide bonds. The molecule has 1 saturated carbocycles. The van der Waals surface area contributed by atoms with Crippen molar-refractivity contribution in [2.45, 2.75) is 36.4 Å². The SMILES string of the molecule is COc1cccc(-c2nnc(SCC(=O)NC3(C#N)CCCC3)n2C)c1. The molecule has 0 spiro atoms. The number of ether oxygens (including phenoxy) is 1. The van der Waals surface area contributed by atoms with Gasteiger partial charge in [0.1, 0.15) is 11.3 Å². The second-order valence-electron chi connectivity index (χ2n) is 6.34. The first-order valence-electron chi connectivity index (χ1n) is 8.46. The number of benzene rings is 1. The summed E-state index contributed by atoms with van der Waals surface area (Å²) in [4.78, 5) is 12.3. The van der Waals surface area contributed by atoms with Crippen molar-refractivity contribution in [1.29, 1.82) is 5.26 Å². The zero-order valence-electron chi connectivity index (χ0n) is 14.9. The highest BCUT2D eigenvalue weighted by Gasteiger charge is 2.35. The summed E-state index contributed by atoms with van der Waals surface area (Å²) in [6.07, 6.45) is 3.41. The summed E-state index contributed by atoms with van der Waals surface area (Å²) in [6.45, 7) is 0. The minimum Gasteiger partial charge on any atom is -0.497 e. The third-order valence-electron chi connectivity index (χ3n) is 4.55. The highest BCUT2D eigenvalue weighted by Crippen LogP contribution is 2.29. The van der Waals surface area contributed by atoms with Gasteiger partial charge in [0.05, 0.1) is 18.9 Å². The third kappa shape index (κ3) is 3.83. The molecule has 0 bridgehead atoms. The lowest BCUT2D eigenvalue weighted by molar-refractivity contribution is -0.119. The van der Waals surface area contributed by atoms with Crippen LogP contribution in [0.4, 0.5) is 0 Å². The molecule has 1 aliphatic carbocycles. The van der Waals surface area contributed by atoms with Crippen molar-refractivity contribution < 1.29 is 9.53 Å². The van der Waals surface area contributed by atoms with Gasteiger partial charge in [-0.2, -0.15) is 5.26 Å². The number of thioether (sulfide) groups is 1. The second-order valence-corrected chi connectivity index (χ2v) is 7.28. The highest BCUT2D eigenvalue weighted by molar-refractivity contribution is 7.99. The Balaban J connectivity index is 1.65. The van der Waals surface area contributed by atoms with Gasteiger partial charge in [-0.25, -0.2) is 0 Å². The van der Waals surface area contributed by atoms with Crippen LogP contribution in [0.15, 0.2) is 29.4 Å². The predicted molar refractivity (Wildman–Crippen MR) is 98.7 cm³/mol. The average molecular weight is 371 g/mol. The molecule has 1 aromatic carbocycles. The molecule has 0 aliphatic heterocycles. The van der Waals surface area contributed by atoms with Crippen LogP contribution in [-0.4, -0.2) is 39.1 Å². The van der Waals surface area contributed by atoms with E-state index in [-0.39, 0.29) is 11.7 Å². The Kier molecular flexibility index (Phi) is 5.47. The Morgan fingerprint density at radius 1 is 1.42 bits per heavy atom. The quantitative estimate of drug-likeness (QED) is 0.785. The molecule has 0 unspecified atom stereocenters. The fourth-order valence-corrected chi connectivity index (χ4v) is 3.84. The molecule has 3 rings (SSSR count). The van der Waals surface area contributed by atoms with E-state index in [0.29, 0.717) is 11.0 Å². The summed E-state index contributed by atoms with van der Waals surface area (Å²) in [5, 5.41) is 21.3. The zero-order valence-corrected chi connectivity index (χ0v) is 15.7. The van der Waals surface area contributed by atoms with E-state index in [1.165, 1.54) is 11.8 Å². The fraction of sp³-hybridized carbons (Fsp3) is 0.444. The fourth-order valence-electron chi connectivity index (χ4n) is 3.13. The lowest BCUT2D eigenvalue weighted by atomic mass is 10.0. The number of methoxy groups -OCH3 is 1. The van der Waals surface area contributed by atoms with Gasteiger partial charge in [-0.05, 0) is 37.8 Å². The van der Waals surface area contributed by atoms with Crippen molar-refractivity contribution in [1.82, 2.24) is 20.1 Å². The Morgan fingerprint density at radius 2 is 2.19 bits per heavy atom. The molecule has 0 radical (unpaired) electrons. The molecule has 0 saturated heterocycles. The van der Waals surface area contributed by atoms with Gasteiger partial charge in [0.25, 0.3) is 0 Å². The number of carbonyl (C=O) groups excluding carboxylic acids is 1. The van der Waals surface area contributed by atoms with Crippen LogP contribution in [0.1, 0.15) is 25.7 Å². The van der Waals surface area contributed by atoms with Crippen molar-refractivity contribution in [2.24, 2.45) is 7.05 Å². The van der Waals surface area contributed by atoms with Crippen molar-refractivity contribution >= 4 is 17.7 Å². The van der Waals surface area contributed by atoms with Crippen LogP contribution in [0.2, 0.25) is 0 Å². The van der Waals surface area contributed by atoms with E-state index < -0.39 is 5.54 Å². The maximum absolute atomic E-state index is 12.3. The largest absolute Gasteiger partial charge is 0.497 e. The number of hydrogen-bond acceptors (Lipinski definition) is 6. The van der Waals surface area contributed by atoms with Crippen LogP contribution >= 0.6 is 11.8 Å². The first kappa shape index (κ1) is 18.3. The molecular formula is C18H21N5O2S. The van der Waals surface area contributed by atoms with Gasteiger partial charge in [0.2, 0.25) is 5.91 Å². The number of carbonyl (C=O) groups is 1. The van der Waals surface area contributed by atoms with Crippen molar-refractivity contribution in [3.8, 4) is 23.2 Å². The van der Waals surface area contributed by atoms with Gasteiger partial charge >= 0.3 is 0 Å². The monoisotopic (exact) mass is 371 g/mol. The van der Waals surface area contributed by atoms with E-state index in [2.05, 4.69) is 21.6 Å². The lowest BCUT2D eigenvalue weighted by Crippen LogP contribution is -2.45. The van der Waals surface area contributed by atoms with E-state index in [0.717, 1.165) is 37.0 Å². The van der Waals surface area contributed by atoms with Crippen molar-refractivity contribution in [2.75, 3.05) is 12.9 Å². The predicted octanol–water partition coefficient (Wildman–Crippen LogP) is 2.54. The standard InChI is InChI=1S/C18H21N5O2S/c1-23-16(13-6-5-7-14(10-13)25-2)21-22-17(23)26-11-15(24)20-18(12-19)8-3-4-9-18/h5-7,10H,3-4,8-9,11H2,1-2H3,(H,20,24). The summed E-state index contributed by atoms with van der Waals surface area (Å²) in [7, 11) is 3.48. The van der Waals surface area contributed by atoms with Crippen LogP contribution in [0.25, 0.3) is 11.4 Å². The number of hydrogen-bond donors (Lipinski definition) is 1. The van der Waals surface area contributed by atoms with Crippen LogP contribution in [-0.2, 0) is 11.8 Å². The van der Waals surface area contributed by atoms with Crippen LogP contribution in [0.3, 0.4) is 0 Å². The molecule has 1 N–H and O–H groups in total. The minimum atomic E-state index is -0.691. The van der Waals surface area contributed by atoms with E-state index in [1.807, 2.05) is 35.9 Å². The molecular weight excluding hydrogens is 350 g/mol. The number of nitrogens with zero attached hydrogens (tertiary/aromatic N) is 4. The van der Waals surface area contributed by atoms with E-state index >= 15 is 0 Å². The van der Waals surface area contributed by atoms with Gasteiger partial charge in [-0.1, -0.05) is 23.9 Å². The summed E-state index contributed by atoms with van der Waals surface area (Å²) in [5.41, 5.74) is 0.202. The number of aromatic nitrogens is 3. The average Bonchev–Trinajstić information content (AvgIpc) is 3.27. The highest BCUT2D eigenvalue weighted by atomic mass is 32.2. The van der Waals surface area contributed by atoms with Gasteiger partial charge in [0.15, 0.2) is 11.0 Å². The van der Waals surface area contributed by atoms with Crippen molar-refractivity contribution in [3.63, 3.8) is 0 Å². The second kappa shape index (κ2) is 7.79. The van der Waals surface area contributed by atoms with Gasteiger partial charge in [-0.15, -0.1) is 10.2 Å². The number of amides is 1. The van der Waals surface area contributed by atoms with E-state index in [1.54, 1.807) is 7.11 Å². The summed E-state index contributed by atoms with van der Waals surface area (Å²) < 4.78 is 7.09. The first-order valence-corrected chi connectivity index (χ1v) is 9.44. The summed E-state index contributed by atoms with van der Waals surface area (Å²) in [5.74, 6) is 1.51. The molecule has 136 valence electrons. The molecule has 8 heteroatoms. The Morgan fingerprint density at radius 3 is 2.88 bits per heavy atom. The molecule has 1 aromatic heterocycles. The maximum atomic E-state index is 12.3.